The molecule has 0 radical (unpaired) electrons. The van der Waals surface area contributed by atoms with Crippen molar-refractivity contribution in [2.45, 2.75) is 43.3 Å². The molecule has 2 aromatic rings. The van der Waals surface area contributed by atoms with Crippen molar-refractivity contribution in [2.75, 3.05) is 11.5 Å². The summed E-state index contributed by atoms with van der Waals surface area (Å²) in [6.45, 7) is 1.50. The maximum absolute atomic E-state index is 13.4. The van der Waals surface area contributed by atoms with Gasteiger partial charge in [-0.25, -0.2) is 4.79 Å². The zero-order valence-corrected chi connectivity index (χ0v) is 15.8. The maximum atomic E-state index is 13.4. The topological polar surface area (TPSA) is 23.6 Å². The summed E-state index contributed by atoms with van der Waals surface area (Å²) in [5.41, 5.74) is 2.48. The Morgan fingerprint density at radius 2 is 1.50 bits per heavy atom. The lowest BCUT2D eigenvalue weighted by Crippen LogP contribution is -2.41. The van der Waals surface area contributed by atoms with Gasteiger partial charge in [0.05, 0.1) is 0 Å². The number of rotatable bonds is 4. The summed E-state index contributed by atoms with van der Waals surface area (Å²) in [4.78, 5) is 17.7. The average Bonchev–Trinajstić information content (AvgIpc) is 3.32. The summed E-state index contributed by atoms with van der Waals surface area (Å²) in [5, 5.41) is 0.730. The lowest BCUT2D eigenvalue weighted by Gasteiger charge is -2.24. The highest BCUT2D eigenvalue weighted by atomic mass is 32.2. The molecule has 1 unspecified atom stereocenters. The Balaban J connectivity index is 1.45. The Morgan fingerprint density at radius 3 is 2.15 bits per heavy atom. The van der Waals surface area contributed by atoms with Crippen LogP contribution in [0.3, 0.4) is 0 Å². The Hall–Kier alpha value is -1.94. The van der Waals surface area contributed by atoms with Crippen molar-refractivity contribution in [1.29, 1.82) is 0 Å². The highest BCUT2D eigenvalue weighted by Gasteiger charge is 2.62. The summed E-state index contributed by atoms with van der Waals surface area (Å²) in [6.07, 6.45) is 2.66. The van der Waals surface area contributed by atoms with Gasteiger partial charge in [0.25, 0.3) is 0 Å². The van der Waals surface area contributed by atoms with Gasteiger partial charge in [0.15, 0.2) is 0 Å². The number of amides is 2. The summed E-state index contributed by atoms with van der Waals surface area (Å²) < 4.78 is 0. The molecule has 0 saturated carbocycles. The molecule has 3 saturated heterocycles. The van der Waals surface area contributed by atoms with E-state index in [2.05, 4.69) is 58.3 Å². The molecule has 0 N–H and O–H groups in total. The number of fused-ring (bicyclic) bond motifs is 3. The van der Waals surface area contributed by atoms with E-state index in [1.54, 1.807) is 0 Å². The lowest BCUT2D eigenvalue weighted by atomic mass is 10.0. The first kappa shape index (κ1) is 16.2. The Labute approximate surface area is 158 Å². The molecule has 3 aliphatic heterocycles. The fourth-order valence-electron chi connectivity index (χ4n) is 4.96. The quantitative estimate of drug-likeness (QED) is 0.599. The van der Waals surface area contributed by atoms with E-state index in [1.165, 1.54) is 35.5 Å². The van der Waals surface area contributed by atoms with Crippen molar-refractivity contribution in [1.82, 2.24) is 9.80 Å². The van der Waals surface area contributed by atoms with Crippen molar-refractivity contribution in [3.05, 3.63) is 71.8 Å². The smallest absolute Gasteiger partial charge is 0.310 e. The monoisotopic (exact) mass is 365 g/mol. The van der Waals surface area contributed by atoms with E-state index < -0.39 is 0 Å². The van der Waals surface area contributed by atoms with Gasteiger partial charge in [-0.2, -0.15) is 0 Å². The second-order valence-electron chi connectivity index (χ2n) is 7.66. The van der Waals surface area contributed by atoms with Crippen LogP contribution in [0.4, 0.5) is 4.79 Å². The molecular weight excluding hydrogens is 340 g/mol. The Morgan fingerprint density at radius 1 is 0.885 bits per heavy atom. The molecule has 2 amide bonds. The second-order valence-corrected chi connectivity index (χ2v) is 10.1. The van der Waals surface area contributed by atoms with Gasteiger partial charge in [-0.1, -0.05) is 60.7 Å². The minimum absolute atomic E-state index is 0.239. The van der Waals surface area contributed by atoms with Gasteiger partial charge in [-0.15, -0.1) is 0 Å². The number of hydrogen-bond acceptors (Lipinski definition) is 1. The molecule has 2 aromatic carbocycles. The highest BCUT2D eigenvalue weighted by Crippen LogP contribution is 2.43. The molecule has 134 valence electrons. The van der Waals surface area contributed by atoms with Crippen LogP contribution in [-0.2, 0) is 24.0 Å². The second kappa shape index (κ2) is 6.66. The molecular formula is C22H25N2OS+. The maximum Gasteiger partial charge on any atom is 0.321 e. The normalized spacial score (nSPS) is 29.9. The van der Waals surface area contributed by atoms with Crippen molar-refractivity contribution in [2.24, 2.45) is 0 Å². The van der Waals surface area contributed by atoms with Crippen LogP contribution in [0.15, 0.2) is 60.7 Å². The van der Waals surface area contributed by atoms with E-state index in [0.717, 1.165) is 18.3 Å². The minimum atomic E-state index is 0.239. The number of nitrogens with zero attached hydrogens (tertiary/aromatic N) is 2. The molecule has 0 spiro atoms. The van der Waals surface area contributed by atoms with Crippen molar-refractivity contribution >= 4 is 16.9 Å². The first-order valence-corrected chi connectivity index (χ1v) is 11.3. The van der Waals surface area contributed by atoms with Crippen molar-refractivity contribution < 1.29 is 4.79 Å². The van der Waals surface area contributed by atoms with Gasteiger partial charge in [0, 0.05) is 19.5 Å². The van der Waals surface area contributed by atoms with Crippen LogP contribution in [0, 0.1) is 0 Å². The molecule has 3 heterocycles. The molecule has 0 aliphatic carbocycles. The van der Waals surface area contributed by atoms with Crippen LogP contribution < -0.4 is 0 Å². The van der Waals surface area contributed by atoms with Gasteiger partial charge in [-0.3, -0.25) is 0 Å². The SMILES string of the molecule is O=C1N(Cc2ccccc2)[C@H]2[C@H](C[S+]3CCC[C@@H]23)N1Cc1ccccc1. The fourth-order valence-corrected chi connectivity index (χ4v) is 8.26. The summed E-state index contributed by atoms with van der Waals surface area (Å²) >= 11 is 0. The van der Waals surface area contributed by atoms with Gasteiger partial charge in [0.2, 0.25) is 0 Å². The molecule has 3 nitrogen and oxygen atoms in total. The van der Waals surface area contributed by atoms with Crippen molar-refractivity contribution in [3.63, 3.8) is 0 Å². The third-order valence-electron chi connectivity index (χ3n) is 6.13. The minimum Gasteiger partial charge on any atom is -0.310 e. The van der Waals surface area contributed by atoms with Crippen LogP contribution in [0.25, 0.3) is 0 Å². The number of carbonyl (C=O) groups excluding carboxylic acids is 1. The predicted molar refractivity (Wildman–Crippen MR) is 107 cm³/mol. The van der Waals surface area contributed by atoms with E-state index in [4.69, 9.17) is 0 Å². The standard InChI is InChI=1S/C22H25N2OS/c25-22-23(14-17-8-3-1-4-9-17)19-16-26-13-7-12-20(26)21(19)24(22)15-18-10-5-2-6-11-18/h1-6,8-11,19-21H,7,12-16H2/q+1/t19-,20-,21-,26?/m0/s1. The molecule has 5 rings (SSSR count). The Kier molecular flexibility index (Phi) is 4.16. The molecule has 3 fully saturated rings. The first-order chi connectivity index (χ1) is 12.8. The number of benzene rings is 2. The lowest BCUT2D eigenvalue weighted by molar-refractivity contribution is 0.180. The van der Waals surface area contributed by atoms with E-state index in [0.29, 0.717) is 23.0 Å². The molecule has 0 bridgehead atoms. The zero-order valence-electron chi connectivity index (χ0n) is 15.0. The largest absolute Gasteiger partial charge is 0.321 e. The van der Waals surface area contributed by atoms with E-state index in [1.807, 2.05) is 12.1 Å². The fraction of sp³-hybridized carbons (Fsp3) is 0.409. The molecule has 26 heavy (non-hydrogen) atoms. The van der Waals surface area contributed by atoms with Gasteiger partial charge < -0.3 is 9.80 Å². The molecule has 4 atom stereocenters. The summed E-state index contributed by atoms with van der Waals surface area (Å²) in [7, 11) is 0.515. The van der Waals surface area contributed by atoms with Gasteiger partial charge >= 0.3 is 6.03 Å². The molecule has 4 heteroatoms. The average molecular weight is 366 g/mol. The number of urea groups is 1. The first-order valence-electron chi connectivity index (χ1n) is 9.62. The van der Waals surface area contributed by atoms with E-state index in [9.17, 15) is 4.79 Å². The van der Waals surface area contributed by atoms with Crippen LogP contribution in [0.2, 0.25) is 0 Å². The van der Waals surface area contributed by atoms with Crippen LogP contribution in [0.1, 0.15) is 24.0 Å². The van der Waals surface area contributed by atoms with Crippen molar-refractivity contribution in [3.8, 4) is 0 Å². The van der Waals surface area contributed by atoms with Crippen LogP contribution >= 0.6 is 0 Å². The van der Waals surface area contributed by atoms with Crippen LogP contribution in [0.5, 0.6) is 0 Å². The molecule has 3 aliphatic rings. The van der Waals surface area contributed by atoms with Gasteiger partial charge in [0.1, 0.15) is 28.8 Å². The highest BCUT2D eigenvalue weighted by molar-refractivity contribution is 7.98. The summed E-state index contributed by atoms with van der Waals surface area (Å²) in [5.74, 6) is 2.60. The number of carbonyl (C=O) groups is 1. The third-order valence-corrected chi connectivity index (χ3v) is 9.08. The van der Waals surface area contributed by atoms with Crippen LogP contribution in [-0.4, -0.2) is 44.7 Å². The number of hydrogen-bond donors (Lipinski definition) is 0. The van der Waals surface area contributed by atoms with E-state index >= 15 is 0 Å². The third kappa shape index (κ3) is 2.71. The van der Waals surface area contributed by atoms with Gasteiger partial charge in [-0.05, 0) is 28.4 Å². The summed E-state index contributed by atoms with van der Waals surface area (Å²) in [6, 6.07) is 22.0. The zero-order chi connectivity index (χ0) is 17.5. The Bertz CT molecular complexity index is 781. The predicted octanol–water partition coefficient (Wildman–Crippen LogP) is 3.66. The van der Waals surface area contributed by atoms with E-state index in [-0.39, 0.29) is 6.03 Å². The molecule has 0 aromatic heterocycles.